The Labute approximate surface area is 87.4 Å². The van der Waals surface area contributed by atoms with Crippen molar-refractivity contribution in [3.05, 3.63) is 12.2 Å². The first kappa shape index (κ1) is 10.2. The maximum atomic E-state index is 3.58. The molecule has 0 aromatic heterocycles. The standard InChI is InChI=1S/C12H22N2/c1-2-3-9-14(12-6-7-12)10-11-5-4-8-13-11/h2-3,11-13H,4-10H2,1H3/b3-2+. The van der Waals surface area contributed by atoms with Gasteiger partial charge < -0.3 is 5.32 Å². The molecule has 80 valence electrons. The Morgan fingerprint density at radius 2 is 2.21 bits per heavy atom. The maximum Gasteiger partial charge on any atom is 0.0195 e. The van der Waals surface area contributed by atoms with Gasteiger partial charge in [0.1, 0.15) is 0 Å². The molecule has 1 N–H and O–H groups in total. The van der Waals surface area contributed by atoms with Crippen molar-refractivity contribution in [2.24, 2.45) is 0 Å². The Hall–Kier alpha value is -0.340. The molecule has 14 heavy (non-hydrogen) atoms. The normalized spacial score (nSPS) is 28.0. The number of nitrogens with one attached hydrogen (secondary N) is 1. The van der Waals surface area contributed by atoms with Gasteiger partial charge in [-0.2, -0.15) is 0 Å². The van der Waals surface area contributed by atoms with Crippen LogP contribution in [0.3, 0.4) is 0 Å². The van der Waals surface area contributed by atoms with Crippen molar-refractivity contribution in [3.63, 3.8) is 0 Å². The van der Waals surface area contributed by atoms with Gasteiger partial charge in [0.25, 0.3) is 0 Å². The SMILES string of the molecule is C/C=C/CN(CC1CCCN1)C1CC1. The van der Waals surface area contributed by atoms with E-state index in [1.165, 1.54) is 38.8 Å². The number of hydrogen-bond donors (Lipinski definition) is 1. The van der Waals surface area contributed by atoms with Crippen LogP contribution in [-0.2, 0) is 0 Å². The van der Waals surface area contributed by atoms with Gasteiger partial charge in [0.05, 0.1) is 0 Å². The highest BCUT2D eigenvalue weighted by atomic mass is 15.2. The number of hydrogen-bond acceptors (Lipinski definition) is 2. The molecule has 2 aliphatic rings. The van der Waals surface area contributed by atoms with E-state index in [0.29, 0.717) is 0 Å². The van der Waals surface area contributed by atoms with Gasteiger partial charge in [0.2, 0.25) is 0 Å². The van der Waals surface area contributed by atoms with E-state index in [2.05, 4.69) is 29.3 Å². The highest BCUT2D eigenvalue weighted by Gasteiger charge is 2.30. The zero-order valence-electron chi connectivity index (χ0n) is 9.21. The third kappa shape index (κ3) is 2.82. The summed E-state index contributed by atoms with van der Waals surface area (Å²) in [7, 11) is 0. The lowest BCUT2D eigenvalue weighted by Gasteiger charge is -2.24. The van der Waals surface area contributed by atoms with Gasteiger partial charge in [0.15, 0.2) is 0 Å². The lowest BCUT2D eigenvalue weighted by Crippen LogP contribution is -2.38. The first-order valence-electron chi connectivity index (χ1n) is 5.98. The first-order valence-corrected chi connectivity index (χ1v) is 5.98. The fourth-order valence-electron chi connectivity index (χ4n) is 2.25. The molecule has 2 heteroatoms. The Balaban J connectivity index is 1.77. The van der Waals surface area contributed by atoms with Crippen LogP contribution in [0, 0.1) is 0 Å². The molecule has 1 aliphatic heterocycles. The molecule has 2 fully saturated rings. The van der Waals surface area contributed by atoms with Crippen LogP contribution in [-0.4, -0.2) is 36.6 Å². The molecule has 0 aromatic rings. The smallest absolute Gasteiger partial charge is 0.0195 e. The van der Waals surface area contributed by atoms with E-state index in [1.807, 2.05) is 0 Å². The molecule has 1 saturated heterocycles. The van der Waals surface area contributed by atoms with Crippen molar-refractivity contribution in [2.45, 2.75) is 44.7 Å². The molecule has 1 atom stereocenters. The van der Waals surface area contributed by atoms with Gasteiger partial charge in [-0.25, -0.2) is 0 Å². The Kier molecular flexibility index (Phi) is 3.60. The van der Waals surface area contributed by atoms with Gasteiger partial charge in [-0.1, -0.05) is 12.2 Å². The van der Waals surface area contributed by atoms with Crippen molar-refractivity contribution in [2.75, 3.05) is 19.6 Å². The molecular weight excluding hydrogens is 172 g/mol. The molecule has 0 bridgehead atoms. The van der Waals surface area contributed by atoms with Crippen molar-refractivity contribution < 1.29 is 0 Å². The lowest BCUT2D eigenvalue weighted by molar-refractivity contribution is 0.264. The second-order valence-electron chi connectivity index (χ2n) is 4.55. The summed E-state index contributed by atoms with van der Waals surface area (Å²) >= 11 is 0. The van der Waals surface area contributed by atoms with E-state index < -0.39 is 0 Å². The van der Waals surface area contributed by atoms with Gasteiger partial charge in [-0.05, 0) is 39.2 Å². The van der Waals surface area contributed by atoms with Crippen molar-refractivity contribution in [1.82, 2.24) is 10.2 Å². The molecule has 2 nitrogen and oxygen atoms in total. The van der Waals surface area contributed by atoms with Gasteiger partial charge in [0, 0.05) is 25.2 Å². The number of rotatable bonds is 5. The lowest BCUT2D eigenvalue weighted by atomic mass is 10.2. The van der Waals surface area contributed by atoms with Gasteiger partial charge >= 0.3 is 0 Å². The summed E-state index contributed by atoms with van der Waals surface area (Å²) in [6.07, 6.45) is 10.0. The minimum atomic E-state index is 0.765. The molecule has 0 spiro atoms. The molecule has 1 saturated carbocycles. The second kappa shape index (κ2) is 4.94. The summed E-state index contributed by atoms with van der Waals surface area (Å²) < 4.78 is 0. The maximum absolute atomic E-state index is 3.58. The minimum absolute atomic E-state index is 0.765. The Morgan fingerprint density at radius 1 is 1.36 bits per heavy atom. The van der Waals surface area contributed by atoms with E-state index in [0.717, 1.165) is 18.6 Å². The highest BCUT2D eigenvalue weighted by Crippen LogP contribution is 2.27. The highest BCUT2D eigenvalue weighted by molar-refractivity contribution is 4.92. The molecule has 1 aliphatic carbocycles. The van der Waals surface area contributed by atoms with Crippen LogP contribution in [0.25, 0.3) is 0 Å². The van der Waals surface area contributed by atoms with Crippen LogP contribution in [0.1, 0.15) is 32.6 Å². The molecular formula is C12H22N2. The van der Waals surface area contributed by atoms with E-state index in [4.69, 9.17) is 0 Å². The predicted octanol–water partition coefficient (Wildman–Crippen LogP) is 1.78. The molecule has 1 heterocycles. The molecule has 0 aromatic carbocycles. The minimum Gasteiger partial charge on any atom is -0.313 e. The van der Waals surface area contributed by atoms with Crippen molar-refractivity contribution in [1.29, 1.82) is 0 Å². The van der Waals surface area contributed by atoms with E-state index in [9.17, 15) is 0 Å². The van der Waals surface area contributed by atoms with Gasteiger partial charge in [-0.3, -0.25) is 4.90 Å². The fourth-order valence-corrected chi connectivity index (χ4v) is 2.25. The molecule has 1 unspecified atom stereocenters. The van der Waals surface area contributed by atoms with E-state index >= 15 is 0 Å². The number of nitrogens with zero attached hydrogens (tertiary/aromatic N) is 1. The van der Waals surface area contributed by atoms with Crippen LogP contribution < -0.4 is 5.32 Å². The number of allylic oxidation sites excluding steroid dienone is 1. The van der Waals surface area contributed by atoms with Crippen LogP contribution in [0.4, 0.5) is 0 Å². The zero-order chi connectivity index (χ0) is 9.80. The van der Waals surface area contributed by atoms with Crippen LogP contribution in [0.5, 0.6) is 0 Å². The Bertz CT molecular complexity index is 190. The van der Waals surface area contributed by atoms with Crippen LogP contribution >= 0.6 is 0 Å². The Morgan fingerprint density at radius 3 is 2.79 bits per heavy atom. The largest absolute Gasteiger partial charge is 0.313 e. The van der Waals surface area contributed by atoms with Crippen LogP contribution in [0.15, 0.2) is 12.2 Å². The van der Waals surface area contributed by atoms with Crippen molar-refractivity contribution >= 4 is 0 Å². The molecule has 2 rings (SSSR count). The summed E-state index contributed by atoms with van der Waals surface area (Å²) in [5.74, 6) is 0. The van der Waals surface area contributed by atoms with E-state index in [1.54, 1.807) is 0 Å². The van der Waals surface area contributed by atoms with E-state index in [-0.39, 0.29) is 0 Å². The molecule has 0 amide bonds. The zero-order valence-corrected chi connectivity index (χ0v) is 9.21. The third-order valence-electron chi connectivity index (χ3n) is 3.26. The summed E-state index contributed by atoms with van der Waals surface area (Å²) in [5, 5.41) is 3.58. The topological polar surface area (TPSA) is 15.3 Å². The average Bonchev–Trinajstić information content (AvgIpc) is 2.92. The van der Waals surface area contributed by atoms with Crippen molar-refractivity contribution in [3.8, 4) is 0 Å². The summed E-state index contributed by atoms with van der Waals surface area (Å²) in [5.41, 5.74) is 0. The summed E-state index contributed by atoms with van der Waals surface area (Å²) in [6.45, 7) is 5.75. The summed E-state index contributed by atoms with van der Waals surface area (Å²) in [6, 6.07) is 1.66. The second-order valence-corrected chi connectivity index (χ2v) is 4.55. The quantitative estimate of drug-likeness (QED) is 0.671. The average molecular weight is 194 g/mol. The van der Waals surface area contributed by atoms with Crippen LogP contribution in [0.2, 0.25) is 0 Å². The molecule has 0 radical (unpaired) electrons. The predicted molar refractivity (Wildman–Crippen MR) is 60.4 cm³/mol. The van der Waals surface area contributed by atoms with Gasteiger partial charge in [-0.15, -0.1) is 0 Å². The first-order chi connectivity index (χ1) is 6.90. The summed E-state index contributed by atoms with van der Waals surface area (Å²) in [4.78, 5) is 2.64. The third-order valence-corrected chi connectivity index (χ3v) is 3.26. The monoisotopic (exact) mass is 194 g/mol. The fraction of sp³-hybridized carbons (Fsp3) is 0.833.